The largest absolute Gasteiger partial charge is 0.497 e. The summed E-state index contributed by atoms with van der Waals surface area (Å²) in [5.74, 6) is 1.24. The van der Waals surface area contributed by atoms with Crippen LogP contribution in [0.1, 0.15) is 20.8 Å². The van der Waals surface area contributed by atoms with E-state index in [2.05, 4.69) is 15.9 Å². The lowest BCUT2D eigenvalue weighted by Crippen LogP contribution is -2.03. The van der Waals surface area contributed by atoms with Gasteiger partial charge in [-0.25, -0.2) is 4.39 Å². The second-order valence-electron chi connectivity index (χ2n) is 6.47. The van der Waals surface area contributed by atoms with Gasteiger partial charge in [-0.2, -0.15) is 0 Å². The number of aryl methyl sites for hydroxylation is 1. The Labute approximate surface area is 179 Å². The Kier molecular flexibility index (Phi) is 5.39. The molecule has 1 aromatic heterocycles. The molecule has 3 nitrogen and oxygen atoms in total. The maximum Gasteiger partial charge on any atom is 0.207 e. The first-order valence-electron chi connectivity index (χ1n) is 8.81. The van der Waals surface area contributed by atoms with Crippen molar-refractivity contribution in [2.24, 2.45) is 0 Å². The quantitative estimate of drug-likeness (QED) is 0.290. The highest BCUT2D eigenvalue weighted by molar-refractivity contribution is 9.10. The predicted octanol–water partition coefficient (Wildman–Crippen LogP) is 7.14. The highest BCUT2D eigenvalue weighted by Crippen LogP contribution is 2.43. The van der Waals surface area contributed by atoms with E-state index in [0.29, 0.717) is 33.3 Å². The highest BCUT2D eigenvalue weighted by atomic mass is 79.9. The number of rotatable bonds is 5. The van der Waals surface area contributed by atoms with Crippen LogP contribution < -0.4 is 9.47 Å². The van der Waals surface area contributed by atoms with Crippen LogP contribution in [-0.4, -0.2) is 12.9 Å². The average Bonchev–Trinajstić information content (AvgIpc) is 3.06. The second-order valence-corrected chi connectivity index (χ2v) is 8.43. The number of methoxy groups -OCH3 is 1. The van der Waals surface area contributed by atoms with Crippen molar-refractivity contribution in [3.05, 3.63) is 87.0 Å². The zero-order valence-corrected chi connectivity index (χ0v) is 18.1. The lowest BCUT2D eigenvalue weighted by atomic mass is 10.0. The highest BCUT2D eigenvalue weighted by Gasteiger charge is 2.23. The van der Waals surface area contributed by atoms with Gasteiger partial charge in [0.1, 0.15) is 22.2 Å². The van der Waals surface area contributed by atoms with Gasteiger partial charge >= 0.3 is 0 Å². The number of ether oxygens (including phenoxy) is 2. The van der Waals surface area contributed by atoms with E-state index < -0.39 is 0 Å². The van der Waals surface area contributed by atoms with Crippen LogP contribution >= 0.6 is 27.3 Å². The molecule has 0 amide bonds. The monoisotopic (exact) mass is 470 g/mol. The molecule has 6 heteroatoms. The van der Waals surface area contributed by atoms with Crippen molar-refractivity contribution in [1.29, 1.82) is 0 Å². The van der Waals surface area contributed by atoms with Crippen molar-refractivity contribution in [3.63, 3.8) is 0 Å². The van der Waals surface area contributed by atoms with Gasteiger partial charge in [0, 0.05) is 20.1 Å². The zero-order chi connectivity index (χ0) is 20.5. The molecule has 4 aromatic rings. The van der Waals surface area contributed by atoms with Crippen LogP contribution in [0.4, 0.5) is 4.39 Å². The number of fused-ring (bicyclic) bond motifs is 1. The summed E-state index contributed by atoms with van der Waals surface area (Å²) in [6, 6.07) is 17.2. The van der Waals surface area contributed by atoms with E-state index >= 15 is 0 Å². The molecule has 1 heterocycles. The molecular weight excluding hydrogens is 455 g/mol. The number of thiophene rings is 1. The van der Waals surface area contributed by atoms with E-state index in [0.717, 1.165) is 14.6 Å². The minimum absolute atomic E-state index is 0.199. The third-order valence-corrected chi connectivity index (χ3v) is 6.19. The molecule has 0 N–H and O–H groups in total. The van der Waals surface area contributed by atoms with Crippen molar-refractivity contribution < 1.29 is 18.7 Å². The molecule has 0 saturated carbocycles. The molecule has 146 valence electrons. The van der Waals surface area contributed by atoms with Crippen LogP contribution in [0.5, 0.6) is 17.2 Å². The summed E-state index contributed by atoms with van der Waals surface area (Å²) in [6.07, 6.45) is 0. The Hall–Kier alpha value is -2.70. The summed E-state index contributed by atoms with van der Waals surface area (Å²) in [6.45, 7) is 1.72. The van der Waals surface area contributed by atoms with E-state index in [4.69, 9.17) is 9.47 Å². The fraction of sp³-hybridized carbons (Fsp3) is 0.0870. The Morgan fingerprint density at radius 1 is 1.00 bits per heavy atom. The van der Waals surface area contributed by atoms with Gasteiger partial charge in [0.25, 0.3) is 0 Å². The molecule has 0 atom stereocenters. The van der Waals surface area contributed by atoms with Crippen molar-refractivity contribution in [2.75, 3.05) is 7.11 Å². The summed E-state index contributed by atoms with van der Waals surface area (Å²) in [4.78, 5) is 13.8. The first-order valence-corrected chi connectivity index (χ1v) is 10.4. The van der Waals surface area contributed by atoms with Crippen LogP contribution in [0.2, 0.25) is 0 Å². The van der Waals surface area contributed by atoms with Gasteiger partial charge < -0.3 is 9.47 Å². The molecule has 0 bridgehead atoms. The number of benzene rings is 3. The first-order chi connectivity index (χ1) is 14.0. The minimum Gasteiger partial charge on any atom is -0.497 e. The lowest BCUT2D eigenvalue weighted by Gasteiger charge is -2.09. The van der Waals surface area contributed by atoms with Gasteiger partial charge in [0.05, 0.1) is 7.11 Å². The van der Waals surface area contributed by atoms with Gasteiger partial charge in [-0.15, -0.1) is 11.3 Å². The molecule has 0 fully saturated rings. The minimum atomic E-state index is -0.369. The maximum absolute atomic E-state index is 13.5. The summed E-state index contributed by atoms with van der Waals surface area (Å²) in [5.41, 5.74) is 1.03. The summed E-state index contributed by atoms with van der Waals surface area (Å²) >= 11 is 4.74. The molecular formula is C23H16BrFO3S. The smallest absolute Gasteiger partial charge is 0.207 e. The maximum atomic E-state index is 13.5. The number of carbonyl (C=O) groups excluding carboxylic acids is 1. The van der Waals surface area contributed by atoms with Gasteiger partial charge in [-0.1, -0.05) is 15.9 Å². The van der Waals surface area contributed by atoms with Gasteiger partial charge in [0.15, 0.2) is 5.75 Å². The van der Waals surface area contributed by atoms with Crippen molar-refractivity contribution in [1.82, 2.24) is 0 Å². The van der Waals surface area contributed by atoms with Crippen molar-refractivity contribution in [2.45, 2.75) is 6.92 Å². The van der Waals surface area contributed by atoms with Gasteiger partial charge in [-0.3, -0.25) is 4.79 Å². The summed E-state index contributed by atoms with van der Waals surface area (Å²) < 4.78 is 26.8. The average molecular weight is 471 g/mol. The number of hydrogen-bond donors (Lipinski definition) is 0. The molecule has 4 rings (SSSR count). The molecule has 0 radical (unpaired) electrons. The fourth-order valence-electron chi connectivity index (χ4n) is 3.06. The van der Waals surface area contributed by atoms with Gasteiger partial charge in [0.2, 0.25) is 5.78 Å². The second kappa shape index (κ2) is 7.97. The first kappa shape index (κ1) is 19.6. The third kappa shape index (κ3) is 3.91. The van der Waals surface area contributed by atoms with E-state index in [9.17, 15) is 9.18 Å². The van der Waals surface area contributed by atoms with Crippen LogP contribution in [0.15, 0.2) is 65.1 Å². The predicted molar refractivity (Wildman–Crippen MR) is 117 cm³/mol. The molecule has 0 aliphatic rings. The van der Waals surface area contributed by atoms with E-state index in [1.165, 1.54) is 29.5 Å². The number of ketones is 1. The van der Waals surface area contributed by atoms with Crippen LogP contribution in [0.25, 0.3) is 10.1 Å². The topological polar surface area (TPSA) is 35.5 Å². The van der Waals surface area contributed by atoms with Crippen molar-refractivity contribution in [3.8, 4) is 17.2 Å². The van der Waals surface area contributed by atoms with Crippen LogP contribution in [0.3, 0.4) is 0 Å². The normalized spacial score (nSPS) is 10.9. The lowest BCUT2D eigenvalue weighted by molar-refractivity contribution is 0.104. The van der Waals surface area contributed by atoms with Crippen molar-refractivity contribution >= 4 is 43.1 Å². The molecule has 0 unspecified atom stereocenters. The SMILES string of the molecule is COc1ccc2c(Oc3ccc(Br)cc3)c(C(=O)c3ccc(F)cc3C)sc2c1. The molecule has 0 spiro atoms. The third-order valence-electron chi connectivity index (χ3n) is 4.52. The van der Waals surface area contributed by atoms with E-state index in [1.807, 2.05) is 42.5 Å². The summed E-state index contributed by atoms with van der Waals surface area (Å²) in [7, 11) is 1.60. The number of carbonyl (C=O) groups is 1. The summed E-state index contributed by atoms with van der Waals surface area (Å²) in [5, 5.41) is 0.821. The Morgan fingerprint density at radius 3 is 2.41 bits per heavy atom. The Morgan fingerprint density at radius 2 is 1.72 bits per heavy atom. The molecule has 0 aliphatic carbocycles. The van der Waals surface area contributed by atoms with Crippen LogP contribution in [0, 0.1) is 12.7 Å². The fourth-order valence-corrected chi connectivity index (χ4v) is 4.43. The molecule has 0 saturated heterocycles. The number of halogens is 2. The molecule has 0 aliphatic heterocycles. The van der Waals surface area contributed by atoms with E-state index in [-0.39, 0.29) is 11.6 Å². The Balaban J connectivity index is 1.86. The van der Waals surface area contributed by atoms with E-state index in [1.54, 1.807) is 14.0 Å². The molecule has 29 heavy (non-hydrogen) atoms. The number of hydrogen-bond acceptors (Lipinski definition) is 4. The standard InChI is InChI=1S/C23H16BrFO3S/c1-13-11-15(25)5-9-18(13)21(26)23-22(28-16-6-3-14(24)4-7-16)19-10-8-17(27-2)12-20(19)29-23/h3-12H,1-2H3. The molecule has 3 aromatic carbocycles. The zero-order valence-electron chi connectivity index (χ0n) is 15.7. The van der Waals surface area contributed by atoms with Crippen LogP contribution in [-0.2, 0) is 0 Å². The Bertz CT molecular complexity index is 1220. The van der Waals surface area contributed by atoms with Gasteiger partial charge in [-0.05, 0) is 73.2 Å².